The average molecular weight is 316 g/mol. The summed E-state index contributed by atoms with van der Waals surface area (Å²) < 4.78 is 11.9. The Kier molecular flexibility index (Phi) is 3.73. The van der Waals surface area contributed by atoms with E-state index in [0.29, 0.717) is 13.2 Å². The first kappa shape index (κ1) is 13.5. The standard InChI is InChI=1S/C13H18BrNO3/c1-8(13(2,3)16)15-10-7-12-11(6-9(10)14)17-4-5-18-12/h6-8,15-16H,4-5H2,1-3H3. The first-order valence-electron chi connectivity index (χ1n) is 5.96. The summed E-state index contributed by atoms with van der Waals surface area (Å²) >= 11 is 3.49. The predicted molar refractivity (Wildman–Crippen MR) is 74.5 cm³/mol. The fourth-order valence-electron chi connectivity index (χ4n) is 1.58. The van der Waals surface area contributed by atoms with Crippen molar-refractivity contribution in [2.75, 3.05) is 18.5 Å². The van der Waals surface area contributed by atoms with E-state index in [1.54, 1.807) is 13.8 Å². The molecule has 0 aliphatic carbocycles. The number of benzene rings is 1. The lowest BCUT2D eigenvalue weighted by atomic mass is 10.0. The van der Waals surface area contributed by atoms with Gasteiger partial charge in [0.1, 0.15) is 13.2 Å². The van der Waals surface area contributed by atoms with E-state index < -0.39 is 5.60 Å². The number of hydrogen-bond acceptors (Lipinski definition) is 4. The summed E-state index contributed by atoms with van der Waals surface area (Å²) in [7, 11) is 0. The fourth-order valence-corrected chi connectivity index (χ4v) is 2.02. The van der Waals surface area contributed by atoms with E-state index in [1.807, 2.05) is 19.1 Å². The second-order valence-corrected chi connectivity index (χ2v) is 5.85. The molecule has 0 saturated carbocycles. The molecule has 2 N–H and O–H groups in total. The van der Waals surface area contributed by atoms with Crippen molar-refractivity contribution in [3.63, 3.8) is 0 Å². The minimum Gasteiger partial charge on any atom is -0.486 e. The van der Waals surface area contributed by atoms with Gasteiger partial charge in [0.2, 0.25) is 0 Å². The summed E-state index contributed by atoms with van der Waals surface area (Å²) in [4.78, 5) is 0. The molecule has 0 radical (unpaired) electrons. The summed E-state index contributed by atoms with van der Waals surface area (Å²) in [6.07, 6.45) is 0. The molecule has 1 aliphatic rings. The van der Waals surface area contributed by atoms with Gasteiger partial charge < -0.3 is 19.9 Å². The Balaban J connectivity index is 2.23. The Morgan fingerprint density at radius 2 is 1.83 bits per heavy atom. The number of anilines is 1. The van der Waals surface area contributed by atoms with Gasteiger partial charge in [-0.15, -0.1) is 0 Å². The van der Waals surface area contributed by atoms with Crippen molar-refractivity contribution in [1.29, 1.82) is 0 Å². The number of fused-ring (bicyclic) bond motifs is 1. The zero-order chi connectivity index (χ0) is 13.3. The van der Waals surface area contributed by atoms with Crippen molar-refractivity contribution in [2.45, 2.75) is 32.4 Å². The third-order valence-corrected chi connectivity index (χ3v) is 3.72. The van der Waals surface area contributed by atoms with Gasteiger partial charge in [-0.1, -0.05) is 0 Å². The predicted octanol–water partition coefficient (Wildman–Crippen LogP) is 2.79. The highest BCUT2D eigenvalue weighted by Gasteiger charge is 2.23. The maximum Gasteiger partial charge on any atom is 0.163 e. The molecule has 100 valence electrons. The van der Waals surface area contributed by atoms with Crippen molar-refractivity contribution in [2.24, 2.45) is 0 Å². The van der Waals surface area contributed by atoms with Gasteiger partial charge in [0, 0.05) is 16.6 Å². The maximum atomic E-state index is 9.94. The average Bonchev–Trinajstić information content (AvgIpc) is 2.28. The van der Waals surface area contributed by atoms with Gasteiger partial charge in [-0.05, 0) is 36.7 Å². The summed E-state index contributed by atoms with van der Waals surface area (Å²) in [5, 5.41) is 13.2. The van der Waals surface area contributed by atoms with Crippen LogP contribution in [0.5, 0.6) is 11.5 Å². The third kappa shape index (κ3) is 2.90. The minimum absolute atomic E-state index is 0.0867. The summed E-state index contributed by atoms with van der Waals surface area (Å²) in [5.41, 5.74) is 0.0843. The van der Waals surface area contributed by atoms with Crippen molar-refractivity contribution < 1.29 is 14.6 Å². The Bertz CT molecular complexity index is 443. The summed E-state index contributed by atoms with van der Waals surface area (Å²) in [5.74, 6) is 1.48. The first-order valence-corrected chi connectivity index (χ1v) is 6.75. The highest BCUT2D eigenvalue weighted by Crippen LogP contribution is 2.38. The second kappa shape index (κ2) is 4.97. The van der Waals surface area contributed by atoms with E-state index in [1.165, 1.54) is 0 Å². The lowest BCUT2D eigenvalue weighted by molar-refractivity contribution is 0.0648. The zero-order valence-electron chi connectivity index (χ0n) is 10.8. The molecule has 1 heterocycles. The van der Waals surface area contributed by atoms with Gasteiger partial charge in [0.05, 0.1) is 17.3 Å². The molecule has 1 aromatic rings. The maximum absolute atomic E-state index is 9.94. The molecule has 5 heteroatoms. The Morgan fingerprint density at radius 1 is 1.28 bits per heavy atom. The Morgan fingerprint density at radius 3 is 2.39 bits per heavy atom. The van der Waals surface area contributed by atoms with Crippen LogP contribution >= 0.6 is 15.9 Å². The molecule has 0 spiro atoms. The molecule has 0 fully saturated rings. The highest BCUT2D eigenvalue weighted by atomic mass is 79.9. The van der Waals surface area contributed by atoms with Crippen LogP contribution in [0.3, 0.4) is 0 Å². The topological polar surface area (TPSA) is 50.7 Å². The van der Waals surface area contributed by atoms with Crippen LogP contribution < -0.4 is 14.8 Å². The van der Waals surface area contributed by atoms with Gasteiger partial charge >= 0.3 is 0 Å². The lowest BCUT2D eigenvalue weighted by Crippen LogP contribution is -2.39. The van der Waals surface area contributed by atoms with Crippen molar-refractivity contribution >= 4 is 21.6 Å². The molecule has 0 bridgehead atoms. The number of rotatable bonds is 3. The van der Waals surface area contributed by atoms with E-state index in [4.69, 9.17) is 9.47 Å². The molecule has 0 aromatic heterocycles. The zero-order valence-corrected chi connectivity index (χ0v) is 12.4. The van der Waals surface area contributed by atoms with E-state index in [-0.39, 0.29) is 6.04 Å². The van der Waals surface area contributed by atoms with Gasteiger partial charge in [-0.25, -0.2) is 0 Å². The molecule has 1 aliphatic heterocycles. The van der Waals surface area contributed by atoms with Crippen molar-refractivity contribution in [1.82, 2.24) is 0 Å². The Hall–Kier alpha value is -0.940. The number of nitrogens with one attached hydrogen (secondary N) is 1. The molecular weight excluding hydrogens is 298 g/mol. The van der Waals surface area contributed by atoms with Crippen LogP contribution in [0.4, 0.5) is 5.69 Å². The number of hydrogen-bond donors (Lipinski definition) is 2. The fraction of sp³-hybridized carbons (Fsp3) is 0.538. The third-order valence-electron chi connectivity index (χ3n) is 3.06. The monoisotopic (exact) mass is 315 g/mol. The van der Waals surface area contributed by atoms with Crippen LogP contribution in [0.25, 0.3) is 0 Å². The smallest absolute Gasteiger partial charge is 0.163 e. The largest absolute Gasteiger partial charge is 0.486 e. The molecule has 2 rings (SSSR count). The molecule has 1 atom stereocenters. The van der Waals surface area contributed by atoms with Crippen LogP contribution in [-0.2, 0) is 0 Å². The molecule has 1 aromatic carbocycles. The van der Waals surface area contributed by atoms with Crippen molar-refractivity contribution in [3.05, 3.63) is 16.6 Å². The molecule has 0 saturated heterocycles. The van der Waals surface area contributed by atoms with Crippen LogP contribution in [0.1, 0.15) is 20.8 Å². The molecule has 0 amide bonds. The SMILES string of the molecule is CC(Nc1cc2c(cc1Br)OCCO2)C(C)(C)O. The van der Waals surface area contributed by atoms with Crippen LogP contribution in [-0.4, -0.2) is 30.0 Å². The van der Waals surface area contributed by atoms with Gasteiger partial charge in [0.25, 0.3) is 0 Å². The second-order valence-electron chi connectivity index (χ2n) is 5.00. The van der Waals surface area contributed by atoms with E-state index in [2.05, 4.69) is 21.2 Å². The summed E-state index contributed by atoms with van der Waals surface area (Å²) in [6, 6.07) is 3.69. The highest BCUT2D eigenvalue weighted by molar-refractivity contribution is 9.10. The number of ether oxygens (including phenoxy) is 2. The quantitative estimate of drug-likeness (QED) is 0.900. The number of aliphatic hydroxyl groups is 1. The lowest BCUT2D eigenvalue weighted by Gasteiger charge is -2.29. The van der Waals surface area contributed by atoms with Gasteiger partial charge in [-0.2, -0.15) is 0 Å². The van der Waals surface area contributed by atoms with Crippen LogP contribution in [0.2, 0.25) is 0 Å². The van der Waals surface area contributed by atoms with Gasteiger partial charge in [0.15, 0.2) is 11.5 Å². The number of halogens is 1. The van der Waals surface area contributed by atoms with E-state index >= 15 is 0 Å². The normalized spacial score (nSPS) is 16.3. The Labute approximate surface area is 115 Å². The molecule has 1 unspecified atom stereocenters. The van der Waals surface area contributed by atoms with Crippen molar-refractivity contribution in [3.8, 4) is 11.5 Å². The molecular formula is C13H18BrNO3. The summed E-state index contributed by atoms with van der Waals surface area (Å²) in [6.45, 7) is 6.62. The van der Waals surface area contributed by atoms with Gasteiger partial charge in [-0.3, -0.25) is 0 Å². The van der Waals surface area contributed by atoms with Crippen LogP contribution in [0, 0.1) is 0 Å². The minimum atomic E-state index is -0.799. The first-order chi connectivity index (χ1) is 8.38. The van der Waals surface area contributed by atoms with Crippen LogP contribution in [0.15, 0.2) is 16.6 Å². The van der Waals surface area contributed by atoms with E-state index in [9.17, 15) is 5.11 Å². The van der Waals surface area contributed by atoms with E-state index in [0.717, 1.165) is 21.7 Å². The molecule has 4 nitrogen and oxygen atoms in total. The molecule has 18 heavy (non-hydrogen) atoms.